The molecule has 3 N–H and O–H groups in total. The molecule has 1 heterocycles. The van der Waals surface area contributed by atoms with Gasteiger partial charge in [-0.2, -0.15) is 0 Å². The third-order valence-electron chi connectivity index (χ3n) is 4.69. The smallest absolute Gasteiger partial charge is 0.254 e. The molecule has 1 aliphatic heterocycles. The Morgan fingerprint density at radius 2 is 1.86 bits per heavy atom. The predicted molar refractivity (Wildman–Crippen MR) is 75.6 cm³/mol. The molecular weight excluding hydrogens is 276 g/mol. The van der Waals surface area contributed by atoms with Crippen LogP contribution >= 0.6 is 0 Å². The Bertz CT molecular complexity index is 541. The predicted octanol–water partition coefficient (Wildman–Crippen LogP) is 2.66. The Kier molecular flexibility index (Phi) is 3.80. The number of carbonyl (C=O) groups is 1. The van der Waals surface area contributed by atoms with Crippen molar-refractivity contribution in [3.05, 3.63) is 29.3 Å². The lowest BCUT2D eigenvalue weighted by Gasteiger charge is -2.37. The van der Waals surface area contributed by atoms with Crippen molar-refractivity contribution in [1.29, 1.82) is 0 Å². The van der Waals surface area contributed by atoms with E-state index >= 15 is 0 Å². The molecule has 6 heteroatoms. The van der Waals surface area contributed by atoms with Crippen LogP contribution in [-0.2, 0) is 0 Å². The van der Waals surface area contributed by atoms with Gasteiger partial charge in [0, 0.05) is 18.2 Å². The van der Waals surface area contributed by atoms with E-state index in [-0.39, 0.29) is 17.5 Å². The second kappa shape index (κ2) is 5.60. The fourth-order valence-electron chi connectivity index (χ4n) is 3.71. The van der Waals surface area contributed by atoms with Crippen LogP contribution in [0.15, 0.2) is 12.1 Å². The summed E-state index contributed by atoms with van der Waals surface area (Å²) >= 11 is 0. The summed E-state index contributed by atoms with van der Waals surface area (Å²) in [5.74, 6) is 3.63. The lowest BCUT2D eigenvalue weighted by molar-refractivity contribution is 0.0547. The van der Waals surface area contributed by atoms with Gasteiger partial charge in [0.1, 0.15) is 5.69 Å². The summed E-state index contributed by atoms with van der Waals surface area (Å²) in [6.45, 7) is 0.667. The molecule has 1 aliphatic carbocycles. The molecule has 2 atom stereocenters. The van der Waals surface area contributed by atoms with Gasteiger partial charge >= 0.3 is 0 Å². The van der Waals surface area contributed by atoms with E-state index in [2.05, 4.69) is 0 Å². The van der Waals surface area contributed by atoms with Crippen molar-refractivity contribution in [1.82, 2.24) is 4.90 Å². The normalized spacial score (nSPS) is 24.8. The molecule has 2 unspecified atom stereocenters. The highest BCUT2D eigenvalue weighted by molar-refractivity contribution is 5.95. The molecule has 1 saturated carbocycles. The maximum absolute atomic E-state index is 13.8. The van der Waals surface area contributed by atoms with E-state index in [0.717, 1.165) is 44.2 Å². The van der Waals surface area contributed by atoms with Crippen molar-refractivity contribution in [2.45, 2.75) is 38.1 Å². The number of nitrogen functional groups attached to an aromatic ring is 1. The van der Waals surface area contributed by atoms with E-state index in [1.54, 1.807) is 4.90 Å². The van der Waals surface area contributed by atoms with Gasteiger partial charge in [-0.25, -0.2) is 8.78 Å². The Morgan fingerprint density at radius 1 is 1.19 bits per heavy atom. The number of nitrogens with one attached hydrogen (secondary N) is 1. The molecule has 3 rings (SSSR count). The number of benzene rings is 1. The molecule has 0 aromatic heterocycles. The number of hydrazine groups is 1. The first-order valence-corrected chi connectivity index (χ1v) is 7.38. The first kappa shape index (κ1) is 14.3. The van der Waals surface area contributed by atoms with Gasteiger partial charge in [-0.3, -0.25) is 10.6 Å². The quantitative estimate of drug-likeness (QED) is 0.651. The zero-order valence-electron chi connectivity index (χ0n) is 11.7. The number of carbonyl (C=O) groups excluding carboxylic acids is 1. The zero-order valence-corrected chi connectivity index (χ0v) is 11.7. The molecule has 1 saturated heterocycles. The van der Waals surface area contributed by atoms with Crippen LogP contribution in [0.2, 0.25) is 0 Å². The van der Waals surface area contributed by atoms with Crippen LogP contribution in [0, 0.1) is 17.6 Å². The molecule has 2 aliphatic rings. The summed E-state index contributed by atoms with van der Waals surface area (Å²) in [5.41, 5.74) is 1.61. The minimum Gasteiger partial charge on any atom is -0.335 e. The third kappa shape index (κ3) is 2.48. The Hall–Kier alpha value is -1.69. The lowest BCUT2D eigenvalue weighted by atomic mass is 9.91. The molecule has 1 amide bonds. The van der Waals surface area contributed by atoms with Crippen molar-refractivity contribution in [2.24, 2.45) is 11.8 Å². The number of fused-ring (bicyclic) bond motifs is 1. The van der Waals surface area contributed by atoms with Crippen LogP contribution in [0.1, 0.15) is 42.5 Å². The molecule has 0 spiro atoms. The van der Waals surface area contributed by atoms with Gasteiger partial charge in [-0.1, -0.05) is 6.42 Å². The number of likely N-dealkylation sites (tertiary alicyclic amines) is 1. The highest BCUT2D eigenvalue weighted by Gasteiger charge is 2.37. The van der Waals surface area contributed by atoms with Crippen LogP contribution in [0.25, 0.3) is 0 Å². The van der Waals surface area contributed by atoms with E-state index in [9.17, 15) is 13.6 Å². The van der Waals surface area contributed by atoms with Crippen molar-refractivity contribution < 1.29 is 13.6 Å². The summed E-state index contributed by atoms with van der Waals surface area (Å²) in [4.78, 5) is 14.4. The minimum atomic E-state index is -0.846. The van der Waals surface area contributed by atoms with Crippen molar-refractivity contribution in [2.75, 3.05) is 12.0 Å². The van der Waals surface area contributed by atoms with E-state index in [0.29, 0.717) is 12.5 Å². The largest absolute Gasteiger partial charge is 0.335 e. The van der Waals surface area contributed by atoms with Gasteiger partial charge in [0.05, 0.1) is 0 Å². The van der Waals surface area contributed by atoms with Gasteiger partial charge in [0.15, 0.2) is 11.6 Å². The maximum atomic E-state index is 13.8. The molecule has 0 bridgehead atoms. The summed E-state index contributed by atoms with van der Waals surface area (Å²) in [7, 11) is 0. The molecule has 2 fully saturated rings. The number of amides is 1. The van der Waals surface area contributed by atoms with Crippen LogP contribution < -0.4 is 11.3 Å². The third-order valence-corrected chi connectivity index (χ3v) is 4.69. The Morgan fingerprint density at radius 3 is 2.52 bits per heavy atom. The van der Waals surface area contributed by atoms with Gasteiger partial charge in [-0.05, 0) is 43.7 Å². The van der Waals surface area contributed by atoms with Gasteiger partial charge in [0.2, 0.25) is 0 Å². The number of rotatable bonds is 2. The van der Waals surface area contributed by atoms with E-state index in [1.807, 2.05) is 5.43 Å². The lowest BCUT2D eigenvalue weighted by Crippen LogP contribution is -2.46. The van der Waals surface area contributed by atoms with E-state index in [4.69, 9.17) is 5.84 Å². The highest BCUT2D eigenvalue weighted by Crippen LogP contribution is 2.37. The number of nitrogens with zero attached hydrogens (tertiary/aromatic N) is 1. The Balaban J connectivity index is 1.88. The summed E-state index contributed by atoms with van der Waals surface area (Å²) < 4.78 is 27.5. The first-order valence-electron chi connectivity index (χ1n) is 7.38. The minimum absolute atomic E-state index is 0.0524. The SMILES string of the molecule is NNc1c(F)cc(C(=O)N2CCCC3CCCC32)cc1F. The van der Waals surface area contributed by atoms with Crippen molar-refractivity contribution >= 4 is 11.6 Å². The fourth-order valence-corrected chi connectivity index (χ4v) is 3.71. The number of nitrogens with two attached hydrogens (primary N) is 1. The van der Waals surface area contributed by atoms with Crippen LogP contribution in [0.4, 0.5) is 14.5 Å². The average molecular weight is 295 g/mol. The van der Waals surface area contributed by atoms with Gasteiger partial charge in [-0.15, -0.1) is 0 Å². The maximum Gasteiger partial charge on any atom is 0.254 e. The Labute approximate surface area is 122 Å². The number of anilines is 1. The standard InChI is InChI=1S/C15H19F2N3O/c16-11-7-10(8-12(17)14(11)19-18)15(21)20-6-2-4-9-3-1-5-13(9)20/h7-9,13,19H,1-6,18H2. The van der Waals surface area contributed by atoms with Gasteiger partial charge in [0.25, 0.3) is 5.91 Å². The summed E-state index contributed by atoms with van der Waals surface area (Å²) in [6, 6.07) is 2.34. The number of hydrogen-bond donors (Lipinski definition) is 2. The van der Waals surface area contributed by atoms with E-state index in [1.165, 1.54) is 0 Å². The zero-order chi connectivity index (χ0) is 15.0. The highest BCUT2D eigenvalue weighted by atomic mass is 19.1. The van der Waals surface area contributed by atoms with Crippen molar-refractivity contribution in [3.63, 3.8) is 0 Å². The molecule has 1 aromatic rings. The number of hydrogen-bond acceptors (Lipinski definition) is 3. The number of piperidine rings is 1. The van der Waals surface area contributed by atoms with Gasteiger partial charge < -0.3 is 10.3 Å². The van der Waals surface area contributed by atoms with Crippen LogP contribution in [-0.4, -0.2) is 23.4 Å². The molecule has 4 nitrogen and oxygen atoms in total. The monoisotopic (exact) mass is 295 g/mol. The average Bonchev–Trinajstić information content (AvgIpc) is 2.94. The molecule has 1 aromatic carbocycles. The van der Waals surface area contributed by atoms with Crippen molar-refractivity contribution in [3.8, 4) is 0 Å². The molecule has 114 valence electrons. The summed E-state index contributed by atoms with van der Waals surface area (Å²) in [6.07, 6.45) is 5.36. The molecule has 0 radical (unpaired) electrons. The van der Waals surface area contributed by atoms with E-state index < -0.39 is 17.3 Å². The summed E-state index contributed by atoms with van der Waals surface area (Å²) in [5, 5.41) is 0. The molecule has 21 heavy (non-hydrogen) atoms. The second-order valence-corrected chi connectivity index (χ2v) is 5.86. The van der Waals surface area contributed by atoms with Crippen LogP contribution in [0.5, 0.6) is 0 Å². The first-order chi connectivity index (χ1) is 10.1. The topological polar surface area (TPSA) is 58.4 Å². The van der Waals surface area contributed by atoms with Crippen LogP contribution in [0.3, 0.4) is 0 Å². The number of halogens is 2. The fraction of sp³-hybridized carbons (Fsp3) is 0.533. The molecular formula is C15H19F2N3O. The second-order valence-electron chi connectivity index (χ2n) is 5.86.